The van der Waals surface area contributed by atoms with Gasteiger partial charge in [0.2, 0.25) is 0 Å². The molecule has 7 heteroatoms. The maximum absolute atomic E-state index is 12.2. The highest BCUT2D eigenvalue weighted by atomic mass is 16.5. The van der Waals surface area contributed by atoms with Crippen molar-refractivity contribution in [3.63, 3.8) is 0 Å². The average Bonchev–Trinajstić information content (AvgIpc) is 3.04. The van der Waals surface area contributed by atoms with E-state index in [1.807, 2.05) is 43.3 Å². The molecule has 0 bridgehead atoms. The third-order valence-corrected chi connectivity index (χ3v) is 3.55. The zero-order chi connectivity index (χ0) is 18.4. The van der Waals surface area contributed by atoms with Crippen LogP contribution >= 0.6 is 0 Å². The summed E-state index contributed by atoms with van der Waals surface area (Å²) in [4.78, 5) is 16.5. The van der Waals surface area contributed by atoms with Crippen molar-refractivity contribution >= 4 is 23.1 Å². The molecule has 26 heavy (non-hydrogen) atoms. The summed E-state index contributed by atoms with van der Waals surface area (Å²) >= 11 is 0. The number of nitrogens with zero attached hydrogens (tertiary/aromatic N) is 4. The summed E-state index contributed by atoms with van der Waals surface area (Å²) in [6.07, 6.45) is 2.67. The molecule has 0 aliphatic carbocycles. The molecule has 134 valence electrons. The van der Waals surface area contributed by atoms with E-state index in [0.29, 0.717) is 29.5 Å². The number of aromatic nitrogens is 2. The Hall–Kier alpha value is -3.22. The molecule has 0 aliphatic rings. The number of imidazole rings is 1. The van der Waals surface area contributed by atoms with E-state index in [-0.39, 0.29) is 12.3 Å². The lowest BCUT2D eigenvalue weighted by atomic mass is 10.3. The highest BCUT2D eigenvalue weighted by Crippen LogP contribution is 2.30. The lowest BCUT2D eigenvalue weighted by molar-refractivity contribution is 0.0521. The van der Waals surface area contributed by atoms with Gasteiger partial charge in [0.05, 0.1) is 13.2 Å². The van der Waals surface area contributed by atoms with Crippen LogP contribution in [0.25, 0.3) is 5.65 Å². The molecule has 0 atom stereocenters. The molecule has 2 heterocycles. The zero-order valence-electron chi connectivity index (χ0n) is 14.8. The monoisotopic (exact) mass is 352 g/mol. The lowest BCUT2D eigenvalue weighted by Gasteiger charge is -2.06. The number of pyridine rings is 1. The molecule has 0 fully saturated rings. The molecule has 0 spiro atoms. The van der Waals surface area contributed by atoms with E-state index < -0.39 is 5.97 Å². The van der Waals surface area contributed by atoms with Crippen LogP contribution in [-0.2, 0) is 4.74 Å². The van der Waals surface area contributed by atoms with Gasteiger partial charge in [-0.05, 0) is 37.6 Å². The van der Waals surface area contributed by atoms with Crippen molar-refractivity contribution in [2.75, 3.05) is 13.2 Å². The maximum atomic E-state index is 12.2. The second-order valence-corrected chi connectivity index (χ2v) is 5.45. The van der Waals surface area contributed by atoms with Crippen LogP contribution in [0, 0.1) is 0 Å². The highest BCUT2D eigenvalue weighted by Gasteiger charge is 2.20. The van der Waals surface area contributed by atoms with Crippen LogP contribution in [0.4, 0.5) is 11.5 Å². The number of ether oxygens (including phenoxy) is 2. The number of azo groups is 1. The van der Waals surface area contributed by atoms with Crippen molar-refractivity contribution < 1.29 is 14.3 Å². The van der Waals surface area contributed by atoms with Crippen LogP contribution < -0.4 is 4.74 Å². The van der Waals surface area contributed by atoms with Gasteiger partial charge in [-0.1, -0.05) is 25.1 Å². The van der Waals surface area contributed by atoms with Gasteiger partial charge in [-0.25, -0.2) is 9.78 Å². The molecule has 0 unspecified atom stereocenters. The molecule has 7 nitrogen and oxygen atoms in total. The third-order valence-electron chi connectivity index (χ3n) is 3.55. The Morgan fingerprint density at radius 2 is 1.92 bits per heavy atom. The average molecular weight is 352 g/mol. The number of rotatable bonds is 7. The van der Waals surface area contributed by atoms with E-state index in [1.54, 1.807) is 23.6 Å². The van der Waals surface area contributed by atoms with Gasteiger partial charge >= 0.3 is 5.97 Å². The minimum absolute atomic E-state index is 0.133. The Morgan fingerprint density at radius 1 is 1.12 bits per heavy atom. The zero-order valence-corrected chi connectivity index (χ0v) is 14.8. The summed E-state index contributed by atoms with van der Waals surface area (Å²) in [6, 6.07) is 12.8. The third kappa shape index (κ3) is 3.72. The van der Waals surface area contributed by atoms with Crippen LogP contribution in [0.1, 0.15) is 30.8 Å². The molecule has 0 radical (unpaired) electrons. The molecule has 0 N–H and O–H groups in total. The summed E-state index contributed by atoms with van der Waals surface area (Å²) < 4.78 is 12.5. The standard InChI is InChI=1S/C19H20N4O3/c1-3-13-26-15-10-6-5-9-14(15)21-22-18-17(19(24)25-4-2)20-16-11-7-8-12-23(16)18/h5-12H,3-4,13H2,1-2H3. The topological polar surface area (TPSA) is 77.5 Å². The Labute approximate surface area is 151 Å². The SMILES string of the molecule is CCCOc1ccccc1N=Nc1c(C(=O)OCC)nc2ccccn12. The minimum atomic E-state index is -0.527. The van der Waals surface area contributed by atoms with E-state index in [1.165, 1.54) is 0 Å². The smallest absolute Gasteiger partial charge is 0.360 e. The van der Waals surface area contributed by atoms with Crippen molar-refractivity contribution in [2.45, 2.75) is 20.3 Å². The van der Waals surface area contributed by atoms with Crippen LogP contribution in [0.3, 0.4) is 0 Å². The molecule has 0 amide bonds. The first-order valence-corrected chi connectivity index (χ1v) is 8.52. The first-order valence-electron chi connectivity index (χ1n) is 8.52. The van der Waals surface area contributed by atoms with E-state index in [2.05, 4.69) is 15.2 Å². The quantitative estimate of drug-likeness (QED) is 0.455. The summed E-state index contributed by atoms with van der Waals surface area (Å²) in [7, 11) is 0. The van der Waals surface area contributed by atoms with Crippen LogP contribution in [-0.4, -0.2) is 28.6 Å². The minimum Gasteiger partial charge on any atom is -0.491 e. The van der Waals surface area contributed by atoms with Crippen LogP contribution in [0.2, 0.25) is 0 Å². The van der Waals surface area contributed by atoms with E-state index in [4.69, 9.17) is 9.47 Å². The highest BCUT2D eigenvalue weighted by molar-refractivity contribution is 5.93. The Kier molecular flexibility index (Phi) is 5.58. The number of hydrogen-bond acceptors (Lipinski definition) is 6. The fourth-order valence-corrected chi connectivity index (χ4v) is 2.39. The molecule has 1 aromatic carbocycles. The van der Waals surface area contributed by atoms with E-state index >= 15 is 0 Å². The summed E-state index contributed by atoms with van der Waals surface area (Å²) in [5.41, 5.74) is 1.32. The summed E-state index contributed by atoms with van der Waals surface area (Å²) in [5.74, 6) is 0.439. The van der Waals surface area contributed by atoms with Crippen molar-refractivity contribution in [3.05, 3.63) is 54.4 Å². The van der Waals surface area contributed by atoms with Gasteiger partial charge in [0.25, 0.3) is 0 Å². The number of fused-ring (bicyclic) bond motifs is 1. The van der Waals surface area contributed by atoms with Gasteiger partial charge in [0.1, 0.15) is 17.1 Å². The molecule has 0 aliphatic heterocycles. The fourth-order valence-electron chi connectivity index (χ4n) is 2.39. The molecular formula is C19H20N4O3. The van der Waals surface area contributed by atoms with Crippen molar-refractivity contribution in [3.8, 4) is 5.75 Å². The van der Waals surface area contributed by atoms with Crippen molar-refractivity contribution in [2.24, 2.45) is 10.2 Å². The normalized spacial score (nSPS) is 11.2. The molecule has 2 aromatic heterocycles. The molecule has 3 rings (SSSR count). The second-order valence-electron chi connectivity index (χ2n) is 5.45. The molecule has 3 aromatic rings. The number of hydrogen-bond donors (Lipinski definition) is 0. The second kappa shape index (κ2) is 8.24. The Bertz CT molecular complexity index is 933. The predicted octanol–water partition coefficient (Wildman–Crippen LogP) is 4.72. The summed E-state index contributed by atoms with van der Waals surface area (Å²) in [6.45, 7) is 4.64. The Morgan fingerprint density at radius 3 is 2.73 bits per heavy atom. The number of carbonyl (C=O) groups excluding carboxylic acids is 1. The fraction of sp³-hybridized carbons (Fsp3) is 0.263. The van der Waals surface area contributed by atoms with Crippen LogP contribution in [0.5, 0.6) is 5.75 Å². The van der Waals surface area contributed by atoms with Crippen LogP contribution in [0.15, 0.2) is 58.9 Å². The number of para-hydroxylation sites is 1. The first kappa shape index (κ1) is 17.6. The molecular weight excluding hydrogens is 332 g/mol. The molecule has 0 saturated heterocycles. The largest absolute Gasteiger partial charge is 0.491 e. The van der Waals surface area contributed by atoms with Gasteiger partial charge in [-0.3, -0.25) is 4.40 Å². The molecule has 0 saturated carbocycles. The first-order chi connectivity index (χ1) is 12.7. The van der Waals surface area contributed by atoms with Gasteiger partial charge in [-0.15, -0.1) is 10.2 Å². The predicted molar refractivity (Wildman–Crippen MR) is 97.6 cm³/mol. The van der Waals surface area contributed by atoms with E-state index in [0.717, 1.165) is 6.42 Å². The number of carbonyl (C=O) groups is 1. The Balaban J connectivity index is 2.01. The van der Waals surface area contributed by atoms with Gasteiger partial charge < -0.3 is 9.47 Å². The van der Waals surface area contributed by atoms with E-state index in [9.17, 15) is 4.79 Å². The van der Waals surface area contributed by atoms with Crippen molar-refractivity contribution in [1.29, 1.82) is 0 Å². The van der Waals surface area contributed by atoms with Gasteiger partial charge in [-0.2, -0.15) is 0 Å². The van der Waals surface area contributed by atoms with Gasteiger partial charge in [0.15, 0.2) is 11.5 Å². The maximum Gasteiger partial charge on any atom is 0.360 e. The van der Waals surface area contributed by atoms with Crippen molar-refractivity contribution in [1.82, 2.24) is 9.38 Å². The van der Waals surface area contributed by atoms with Gasteiger partial charge in [0, 0.05) is 6.20 Å². The number of benzene rings is 1. The summed E-state index contributed by atoms with van der Waals surface area (Å²) in [5, 5.41) is 8.57. The number of esters is 1. The lowest BCUT2D eigenvalue weighted by Crippen LogP contribution is -2.05.